The van der Waals surface area contributed by atoms with Crippen LogP contribution in [0.25, 0.3) is 0 Å². The van der Waals surface area contributed by atoms with Gasteiger partial charge in [-0.3, -0.25) is 9.78 Å². The van der Waals surface area contributed by atoms with Gasteiger partial charge in [0, 0.05) is 38.6 Å². The minimum atomic E-state index is -0.0747. The highest BCUT2D eigenvalue weighted by atomic mass is 79.9. The summed E-state index contributed by atoms with van der Waals surface area (Å²) in [6.07, 6.45) is 2.66. The van der Waals surface area contributed by atoms with Gasteiger partial charge < -0.3 is 4.74 Å². The molecule has 0 amide bonds. The van der Waals surface area contributed by atoms with Crippen molar-refractivity contribution < 1.29 is 9.53 Å². The molecule has 1 aliphatic rings. The number of benzene rings is 1. The van der Waals surface area contributed by atoms with Crippen molar-refractivity contribution in [3.05, 3.63) is 55.2 Å². The molecule has 0 fully saturated rings. The molecular weight excluding hydrogens is 421 g/mol. The SMILES string of the molecule is O=C(Cc1cc(Cl)cc2c1OCC2)c1ncc(Br)cc1Br. The van der Waals surface area contributed by atoms with Crippen molar-refractivity contribution in [2.75, 3.05) is 6.61 Å². The van der Waals surface area contributed by atoms with E-state index in [0.29, 0.717) is 21.8 Å². The lowest BCUT2D eigenvalue weighted by atomic mass is 10.0. The molecule has 0 unspecified atom stereocenters. The minimum absolute atomic E-state index is 0.0747. The summed E-state index contributed by atoms with van der Waals surface area (Å²) >= 11 is 12.8. The Morgan fingerprint density at radius 1 is 1.33 bits per heavy atom. The third-order valence-electron chi connectivity index (χ3n) is 3.25. The van der Waals surface area contributed by atoms with E-state index in [1.165, 1.54) is 0 Å². The normalized spacial score (nSPS) is 12.9. The van der Waals surface area contributed by atoms with Crippen LogP contribution in [0.15, 0.2) is 33.3 Å². The summed E-state index contributed by atoms with van der Waals surface area (Å²) in [5.74, 6) is 0.718. The quantitative estimate of drug-likeness (QED) is 0.666. The number of carbonyl (C=O) groups is 1. The van der Waals surface area contributed by atoms with E-state index in [1.54, 1.807) is 18.3 Å². The van der Waals surface area contributed by atoms with E-state index in [4.69, 9.17) is 16.3 Å². The monoisotopic (exact) mass is 429 g/mol. The molecule has 21 heavy (non-hydrogen) atoms. The van der Waals surface area contributed by atoms with Gasteiger partial charge >= 0.3 is 0 Å². The van der Waals surface area contributed by atoms with Gasteiger partial charge in [0.25, 0.3) is 0 Å². The number of carbonyl (C=O) groups excluding carboxylic acids is 1. The zero-order valence-electron chi connectivity index (χ0n) is 10.8. The Morgan fingerprint density at radius 2 is 2.14 bits per heavy atom. The Morgan fingerprint density at radius 3 is 2.90 bits per heavy atom. The van der Waals surface area contributed by atoms with Gasteiger partial charge in [0.05, 0.1) is 6.61 Å². The Kier molecular flexibility index (Phi) is 4.33. The maximum absolute atomic E-state index is 12.5. The van der Waals surface area contributed by atoms with E-state index in [0.717, 1.165) is 27.8 Å². The molecule has 1 aromatic carbocycles. The second-order valence-electron chi connectivity index (χ2n) is 4.74. The standard InChI is InChI=1S/C15H10Br2ClNO2/c16-10-6-12(17)14(19-7-10)13(20)5-9-4-11(18)3-8-1-2-21-15(8)9/h3-4,6-7H,1-2,5H2. The Balaban J connectivity index is 1.92. The maximum Gasteiger partial charge on any atom is 0.186 e. The molecule has 108 valence electrons. The third kappa shape index (κ3) is 3.15. The molecule has 2 aromatic rings. The van der Waals surface area contributed by atoms with Crippen LogP contribution in [0.4, 0.5) is 0 Å². The molecule has 0 N–H and O–H groups in total. The first-order chi connectivity index (χ1) is 10.0. The Hall–Kier alpha value is -0.910. The van der Waals surface area contributed by atoms with Crippen LogP contribution < -0.4 is 4.74 Å². The van der Waals surface area contributed by atoms with Gasteiger partial charge in [-0.15, -0.1) is 0 Å². The van der Waals surface area contributed by atoms with Gasteiger partial charge in [-0.1, -0.05) is 11.6 Å². The number of halogens is 3. The first-order valence-electron chi connectivity index (χ1n) is 6.33. The number of rotatable bonds is 3. The fourth-order valence-electron chi connectivity index (χ4n) is 2.35. The molecule has 6 heteroatoms. The van der Waals surface area contributed by atoms with Crippen LogP contribution >= 0.6 is 43.5 Å². The van der Waals surface area contributed by atoms with Crippen LogP contribution in [0, 0.1) is 0 Å². The molecule has 3 nitrogen and oxygen atoms in total. The molecule has 2 heterocycles. The van der Waals surface area contributed by atoms with Crippen molar-refractivity contribution >= 4 is 49.2 Å². The topological polar surface area (TPSA) is 39.2 Å². The van der Waals surface area contributed by atoms with Crippen LogP contribution in [0.3, 0.4) is 0 Å². The lowest BCUT2D eigenvalue weighted by Gasteiger charge is -2.09. The minimum Gasteiger partial charge on any atom is -0.493 e. The van der Waals surface area contributed by atoms with Crippen LogP contribution in [0.1, 0.15) is 21.6 Å². The summed E-state index contributed by atoms with van der Waals surface area (Å²) in [6, 6.07) is 5.49. The summed E-state index contributed by atoms with van der Waals surface area (Å²) in [5, 5.41) is 0.630. The van der Waals surface area contributed by atoms with E-state index in [2.05, 4.69) is 36.8 Å². The van der Waals surface area contributed by atoms with E-state index in [-0.39, 0.29) is 12.2 Å². The van der Waals surface area contributed by atoms with Crippen molar-refractivity contribution in [2.45, 2.75) is 12.8 Å². The predicted octanol–water partition coefficient (Wildman–Crippen LogP) is 4.62. The molecule has 0 aliphatic carbocycles. The van der Waals surface area contributed by atoms with Crippen LogP contribution in [-0.2, 0) is 12.8 Å². The first-order valence-corrected chi connectivity index (χ1v) is 8.29. The van der Waals surface area contributed by atoms with Crippen molar-refractivity contribution in [1.82, 2.24) is 4.98 Å². The summed E-state index contributed by atoms with van der Waals surface area (Å²) in [5.41, 5.74) is 2.29. The molecule has 0 saturated carbocycles. The molecule has 0 spiro atoms. The molecular formula is C15H10Br2ClNO2. The number of aromatic nitrogens is 1. The zero-order valence-corrected chi connectivity index (χ0v) is 14.8. The number of pyridine rings is 1. The van der Waals surface area contributed by atoms with E-state index < -0.39 is 0 Å². The summed E-state index contributed by atoms with van der Waals surface area (Å²) in [4.78, 5) is 16.6. The average molecular weight is 432 g/mol. The predicted molar refractivity (Wildman–Crippen MR) is 88.3 cm³/mol. The largest absolute Gasteiger partial charge is 0.493 e. The van der Waals surface area contributed by atoms with E-state index in [1.807, 2.05) is 6.07 Å². The molecule has 0 bridgehead atoms. The van der Waals surface area contributed by atoms with Gasteiger partial charge in [0.2, 0.25) is 0 Å². The number of Topliss-reactive ketones (excluding diaryl/α,β-unsaturated/α-hetero) is 1. The van der Waals surface area contributed by atoms with Crippen LogP contribution in [-0.4, -0.2) is 17.4 Å². The fourth-order valence-corrected chi connectivity index (χ4v) is 3.83. The molecule has 1 aromatic heterocycles. The lowest BCUT2D eigenvalue weighted by Crippen LogP contribution is -2.08. The number of ether oxygens (including phenoxy) is 1. The van der Waals surface area contributed by atoms with Crippen molar-refractivity contribution in [3.8, 4) is 5.75 Å². The molecule has 0 saturated heterocycles. The van der Waals surface area contributed by atoms with Crippen molar-refractivity contribution in [3.63, 3.8) is 0 Å². The summed E-state index contributed by atoms with van der Waals surface area (Å²) < 4.78 is 7.11. The molecule has 1 aliphatic heterocycles. The van der Waals surface area contributed by atoms with Gasteiger partial charge in [-0.25, -0.2) is 0 Å². The Labute approximate surface area is 143 Å². The first kappa shape index (κ1) is 15.0. The average Bonchev–Trinajstić information content (AvgIpc) is 2.86. The third-order valence-corrected chi connectivity index (χ3v) is 4.50. The highest BCUT2D eigenvalue weighted by molar-refractivity contribution is 9.11. The van der Waals surface area contributed by atoms with Gasteiger partial charge in [0.15, 0.2) is 5.78 Å². The van der Waals surface area contributed by atoms with Crippen LogP contribution in [0.2, 0.25) is 5.02 Å². The smallest absolute Gasteiger partial charge is 0.186 e. The van der Waals surface area contributed by atoms with Crippen molar-refractivity contribution in [2.24, 2.45) is 0 Å². The van der Waals surface area contributed by atoms with Crippen molar-refractivity contribution in [1.29, 1.82) is 0 Å². The van der Waals surface area contributed by atoms with E-state index >= 15 is 0 Å². The second kappa shape index (κ2) is 6.07. The molecule has 0 radical (unpaired) electrons. The number of fused-ring (bicyclic) bond motifs is 1. The molecule has 0 atom stereocenters. The number of nitrogens with zero attached hydrogens (tertiary/aromatic N) is 1. The highest BCUT2D eigenvalue weighted by Gasteiger charge is 2.21. The second-order valence-corrected chi connectivity index (χ2v) is 6.94. The summed E-state index contributed by atoms with van der Waals surface area (Å²) in [6.45, 7) is 0.636. The van der Waals surface area contributed by atoms with Gasteiger partial charge in [-0.2, -0.15) is 0 Å². The fraction of sp³-hybridized carbons (Fsp3) is 0.200. The number of hydrogen-bond acceptors (Lipinski definition) is 3. The lowest BCUT2D eigenvalue weighted by molar-refractivity contribution is 0.0986. The van der Waals surface area contributed by atoms with Gasteiger partial charge in [0.1, 0.15) is 11.4 Å². The zero-order chi connectivity index (χ0) is 15.0. The Bertz CT molecular complexity index is 734. The number of hydrogen-bond donors (Lipinski definition) is 0. The van der Waals surface area contributed by atoms with Crippen LogP contribution in [0.5, 0.6) is 5.75 Å². The molecule has 3 rings (SSSR count). The van der Waals surface area contributed by atoms with E-state index in [9.17, 15) is 4.79 Å². The maximum atomic E-state index is 12.5. The van der Waals surface area contributed by atoms with Gasteiger partial charge in [-0.05, 0) is 55.6 Å². The summed E-state index contributed by atoms with van der Waals surface area (Å²) in [7, 11) is 0. The number of ketones is 1. The highest BCUT2D eigenvalue weighted by Crippen LogP contribution is 2.34.